The van der Waals surface area contributed by atoms with Crippen LogP contribution >= 0.6 is 0 Å². The van der Waals surface area contributed by atoms with Crippen LogP contribution in [0.2, 0.25) is 0 Å². The number of hydrogen-bond acceptors (Lipinski definition) is 5. The lowest BCUT2D eigenvalue weighted by atomic mass is 9.85. The van der Waals surface area contributed by atoms with E-state index in [0.717, 1.165) is 12.8 Å². The van der Waals surface area contributed by atoms with Crippen LogP contribution in [0.3, 0.4) is 0 Å². The van der Waals surface area contributed by atoms with Crippen molar-refractivity contribution in [3.63, 3.8) is 0 Å². The van der Waals surface area contributed by atoms with Crippen molar-refractivity contribution >= 4 is 10.0 Å². The highest BCUT2D eigenvalue weighted by Crippen LogP contribution is 2.37. The van der Waals surface area contributed by atoms with Crippen LogP contribution in [0.5, 0.6) is 0 Å². The second-order valence-corrected chi connectivity index (χ2v) is 9.13. The van der Waals surface area contributed by atoms with Crippen molar-refractivity contribution in [3.05, 3.63) is 17.1 Å². The Morgan fingerprint density at radius 2 is 1.88 bits per heavy atom. The van der Waals surface area contributed by atoms with Gasteiger partial charge < -0.3 is 9.40 Å². The van der Waals surface area contributed by atoms with Gasteiger partial charge in [-0.25, -0.2) is 13.1 Å². The molecule has 2 aromatic rings. The summed E-state index contributed by atoms with van der Waals surface area (Å²) in [7, 11) is -3.64. The van der Waals surface area contributed by atoms with Gasteiger partial charge in [0.05, 0.1) is 0 Å². The van der Waals surface area contributed by atoms with Crippen LogP contribution in [0.1, 0.15) is 63.1 Å². The summed E-state index contributed by atoms with van der Waals surface area (Å²) in [5.41, 5.74) is 1.16. The molecule has 1 fully saturated rings. The second-order valence-electron chi connectivity index (χ2n) is 7.51. The number of rotatable bonds is 4. The SMILES string of the molecule is Cc1[nH]c(-c2nnc(C3CCC3)o2)c(C)c1S(=O)(=O)NC(C)(C)C. The van der Waals surface area contributed by atoms with Crippen LogP contribution < -0.4 is 4.72 Å². The molecule has 1 aliphatic rings. The fourth-order valence-electron chi connectivity index (χ4n) is 2.96. The molecule has 2 heterocycles. The van der Waals surface area contributed by atoms with E-state index in [9.17, 15) is 8.42 Å². The van der Waals surface area contributed by atoms with Gasteiger partial charge in [0, 0.05) is 17.2 Å². The van der Waals surface area contributed by atoms with Crippen molar-refractivity contribution in [2.45, 2.75) is 70.2 Å². The standard InChI is InChI=1S/C16H24N4O3S/c1-9-12(15-19-18-14(23-15)11-7-6-8-11)17-10(2)13(9)24(21,22)20-16(3,4)5/h11,17,20H,6-8H2,1-5H3. The van der Waals surface area contributed by atoms with E-state index < -0.39 is 15.6 Å². The summed E-state index contributed by atoms with van der Waals surface area (Å²) in [6.45, 7) is 8.92. The average Bonchev–Trinajstić information content (AvgIpc) is 2.89. The van der Waals surface area contributed by atoms with Gasteiger partial charge in [-0.3, -0.25) is 0 Å². The Hall–Kier alpha value is -1.67. The first-order valence-electron chi connectivity index (χ1n) is 8.15. The largest absolute Gasteiger partial charge is 0.419 e. The summed E-state index contributed by atoms with van der Waals surface area (Å²) in [6.07, 6.45) is 3.32. The minimum absolute atomic E-state index is 0.246. The summed E-state index contributed by atoms with van der Waals surface area (Å²) >= 11 is 0. The van der Waals surface area contributed by atoms with E-state index in [4.69, 9.17) is 4.42 Å². The van der Waals surface area contributed by atoms with Gasteiger partial charge in [0.1, 0.15) is 10.6 Å². The number of nitrogens with zero attached hydrogens (tertiary/aromatic N) is 2. The topological polar surface area (TPSA) is 101 Å². The van der Waals surface area contributed by atoms with Crippen molar-refractivity contribution in [3.8, 4) is 11.6 Å². The highest BCUT2D eigenvalue weighted by molar-refractivity contribution is 7.89. The molecular weight excluding hydrogens is 328 g/mol. The molecule has 0 spiro atoms. The maximum Gasteiger partial charge on any atom is 0.264 e. The van der Waals surface area contributed by atoms with Crippen molar-refractivity contribution in [2.24, 2.45) is 0 Å². The lowest BCUT2D eigenvalue weighted by Crippen LogP contribution is -2.40. The first-order chi connectivity index (χ1) is 11.1. The number of hydrogen-bond donors (Lipinski definition) is 2. The molecule has 2 N–H and O–H groups in total. The molecule has 0 radical (unpaired) electrons. The molecule has 7 nitrogen and oxygen atoms in total. The smallest absolute Gasteiger partial charge is 0.264 e. The maximum atomic E-state index is 12.7. The molecule has 24 heavy (non-hydrogen) atoms. The number of aromatic amines is 1. The Morgan fingerprint density at radius 1 is 1.21 bits per heavy atom. The van der Waals surface area contributed by atoms with Crippen molar-refractivity contribution < 1.29 is 12.8 Å². The van der Waals surface area contributed by atoms with Gasteiger partial charge in [-0.15, -0.1) is 10.2 Å². The molecule has 0 unspecified atom stereocenters. The van der Waals surface area contributed by atoms with Crippen LogP contribution in [0, 0.1) is 13.8 Å². The van der Waals surface area contributed by atoms with E-state index >= 15 is 0 Å². The van der Waals surface area contributed by atoms with Crippen molar-refractivity contribution in [1.82, 2.24) is 19.9 Å². The molecule has 0 aliphatic heterocycles. The van der Waals surface area contributed by atoms with Crippen LogP contribution in [0.25, 0.3) is 11.6 Å². The predicted molar refractivity (Wildman–Crippen MR) is 90.2 cm³/mol. The molecule has 0 amide bonds. The molecule has 0 bridgehead atoms. The first-order valence-corrected chi connectivity index (χ1v) is 9.64. The minimum atomic E-state index is -3.64. The number of aromatic nitrogens is 3. The molecule has 2 aromatic heterocycles. The van der Waals surface area contributed by atoms with E-state index in [1.807, 2.05) is 20.8 Å². The van der Waals surface area contributed by atoms with Gasteiger partial charge >= 0.3 is 0 Å². The third-order valence-electron chi connectivity index (χ3n) is 4.19. The Bertz CT molecular complexity index is 855. The third kappa shape index (κ3) is 3.12. The van der Waals surface area contributed by atoms with Crippen molar-refractivity contribution in [2.75, 3.05) is 0 Å². The molecule has 1 saturated carbocycles. The number of aryl methyl sites for hydroxylation is 1. The predicted octanol–water partition coefficient (Wildman–Crippen LogP) is 3.03. The molecule has 0 saturated heterocycles. The Morgan fingerprint density at radius 3 is 2.42 bits per heavy atom. The average molecular weight is 352 g/mol. The normalized spacial score (nSPS) is 16.4. The summed E-state index contributed by atoms with van der Waals surface area (Å²) in [5.74, 6) is 1.32. The summed E-state index contributed by atoms with van der Waals surface area (Å²) in [4.78, 5) is 3.34. The quantitative estimate of drug-likeness (QED) is 0.881. The zero-order chi connectivity index (χ0) is 17.7. The zero-order valence-corrected chi connectivity index (χ0v) is 15.5. The highest BCUT2D eigenvalue weighted by Gasteiger charge is 2.31. The zero-order valence-electron chi connectivity index (χ0n) is 14.7. The molecule has 3 rings (SSSR count). The lowest BCUT2D eigenvalue weighted by molar-refractivity contribution is 0.338. The number of nitrogens with one attached hydrogen (secondary N) is 2. The Labute approximate surface area is 142 Å². The molecular formula is C16H24N4O3S. The van der Waals surface area contributed by atoms with Gasteiger partial charge in [-0.05, 0) is 53.0 Å². The monoisotopic (exact) mass is 352 g/mol. The molecule has 1 aliphatic carbocycles. The van der Waals surface area contributed by atoms with Gasteiger partial charge in [0.15, 0.2) is 0 Å². The fraction of sp³-hybridized carbons (Fsp3) is 0.625. The van der Waals surface area contributed by atoms with E-state index in [-0.39, 0.29) is 4.90 Å². The van der Waals surface area contributed by atoms with Gasteiger partial charge in [0.25, 0.3) is 5.89 Å². The van der Waals surface area contributed by atoms with Gasteiger partial charge in [-0.2, -0.15) is 0 Å². The maximum absolute atomic E-state index is 12.7. The fourth-order valence-corrected chi connectivity index (χ4v) is 4.83. The van der Waals surface area contributed by atoms with E-state index in [0.29, 0.717) is 34.7 Å². The van der Waals surface area contributed by atoms with E-state index in [2.05, 4.69) is 19.9 Å². The van der Waals surface area contributed by atoms with Crippen molar-refractivity contribution in [1.29, 1.82) is 0 Å². The van der Waals surface area contributed by atoms with Crippen LogP contribution in [0.15, 0.2) is 9.31 Å². The first kappa shape index (κ1) is 17.2. The highest BCUT2D eigenvalue weighted by atomic mass is 32.2. The van der Waals surface area contributed by atoms with Crippen LogP contribution in [0.4, 0.5) is 0 Å². The number of sulfonamides is 1. The third-order valence-corrected chi connectivity index (χ3v) is 6.22. The van der Waals surface area contributed by atoms with E-state index in [1.165, 1.54) is 6.42 Å². The number of H-pyrrole nitrogens is 1. The minimum Gasteiger partial charge on any atom is -0.419 e. The molecule has 0 aromatic carbocycles. The van der Waals surface area contributed by atoms with Gasteiger partial charge in [-0.1, -0.05) is 6.42 Å². The van der Waals surface area contributed by atoms with E-state index in [1.54, 1.807) is 13.8 Å². The Balaban J connectivity index is 1.99. The molecule has 8 heteroatoms. The summed E-state index contributed by atoms with van der Waals surface area (Å²) in [5, 5.41) is 8.21. The van der Waals surface area contributed by atoms with Crippen LogP contribution in [-0.4, -0.2) is 29.1 Å². The molecule has 132 valence electrons. The summed E-state index contributed by atoms with van der Waals surface area (Å²) in [6, 6.07) is 0. The summed E-state index contributed by atoms with van der Waals surface area (Å²) < 4.78 is 33.9. The molecule has 0 atom stereocenters. The second kappa shape index (κ2) is 5.70. The Kier molecular flexibility index (Phi) is 4.08. The van der Waals surface area contributed by atoms with Crippen LogP contribution in [-0.2, 0) is 10.0 Å². The van der Waals surface area contributed by atoms with Gasteiger partial charge in [0.2, 0.25) is 15.9 Å². The lowest BCUT2D eigenvalue weighted by Gasteiger charge is -2.20.